The first-order chi connectivity index (χ1) is 11.5. The van der Waals surface area contributed by atoms with Crippen LogP contribution in [0.2, 0.25) is 0 Å². The lowest BCUT2D eigenvalue weighted by atomic mass is 10.2. The molecule has 7 heteroatoms. The largest absolute Gasteiger partial charge is 0.493 e. The van der Waals surface area contributed by atoms with Gasteiger partial charge in [-0.05, 0) is 48.0 Å². The molecule has 0 aliphatic heterocycles. The zero-order chi connectivity index (χ0) is 17.5. The Kier molecular flexibility index (Phi) is 5.62. The third-order valence-corrected chi connectivity index (χ3v) is 2.93. The molecule has 0 bridgehead atoms. The van der Waals surface area contributed by atoms with E-state index >= 15 is 0 Å². The number of rotatable bonds is 5. The second-order valence-corrected chi connectivity index (χ2v) is 4.71. The van der Waals surface area contributed by atoms with Crippen molar-refractivity contribution < 1.29 is 23.5 Å². The lowest BCUT2D eigenvalue weighted by Crippen LogP contribution is -2.17. The average molecular weight is 330 g/mol. The first kappa shape index (κ1) is 17.1. The summed E-state index contributed by atoms with van der Waals surface area (Å²) in [6.07, 6.45) is 1.40. The Morgan fingerprint density at radius 1 is 1.12 bits per heavy atom. The Morgan fingerprint density at radius 3 is 2.46 bits per heavy atom. The lowest BCUT2D eigenvalue weighted by molar-refractivity contribution is -0.132. The van der Waals surface area contributed by atoms with E-state index in [9.17, 15) is 14.0 Å². The molecule has 0 aliphatic carbocycles. The molecule has 0 spiro atoms. The monoisotopic (exact) mass is 330 g/mol. The van der Waals surface area contributed by atoms with Crippen molar-refractivity contribution in [3.8, 4) is 11.5 Å². The predicted octanol–water partition coefficient (Wildman–Crippen LogP) is 2.52. The number of halogens is 1. The minimum atomic E-state index is -0.463. The number of benzene rings is 2. The topological polar surface area (TPSA) is 77.0 Å². The fourth-order valence-electron chi connectivity index (χ4n) is 1.83. The molecule has 1 amide bonds. The van der Waals surface area contributed by atoms with Crippen molar-refractivity contribution in [1.82, 2.24) is 5.43 Å². The van der Waals surface area contributed by atoms with Crippen molar-refractivity contribution in [2.75, 3.05) is 7.11 Å². The van der Waals surface area contributed by atoms with Gasteiger partial charge in [0.1, 0.15) is 5.82 Å². The summed E-state index contributed by atoms with van der Waals surface area (Å²) in [7, 11) is 1.44. The average Bonchev–Trinajstić information content (AvgIpc) is 2.56. The smallest absolute Gasteiger partial charge is 0.308 e. The number of nitrogens with one attached hydrogen (secondary N) is 1. The molecule has 124 valence electrons. The van der Waals surface area contributed by atoms with E-state index in [0.717, 1.165) is 0 Å². The first-order valence-electron chi connectivity index (χ1n) is 6.95. The summed E-state index contributed by atoms with van der Waals surface area (Å²) in [4.78, 5) is 22.8. The number of hydrogen-bond donors (Lipinski definition) is 1. The van der Waals surface area contributed by atoms with Gasteiger partial charge in [0, 0.05) is 12.5 Å². The van der Waals surface area contributed by atoms with Crippen LogP contribution in [0.1, 0.15) is 22.8 Å². The van der Waals surface area contributed by atoms with Crippen LogP contribution in [0.15, 0.2) is 47.6 Å². The van der Waals surface area contributed by atoms with Crippen LogP contribution in [0.5, 0.6) is 11.5 Å². The van der Waals surface area contributed by atoms with Crippen LogP contribution in [-0.4, -0.2) is 25.2 Å². The molecule has 2 rings (SSSR count). The highest BCUT2D eigenvalue weighted by Gasteiger charge is 2.07. The third kappa shape index (κ3) is 4.64. The number of carbonyl (C=O) groups is 2. The summed E-state index contributed by atoms with van der Waals surface area (Å²) in [6.45, 7) is 1.29. The van der Waals surface area contributed by atoms with Crippen LogP contribution in [0.25, 0.3) is 0 Å². The van der Waals surface area contributed by atoms with Crippen molar-refractivity contribution in [3.63, 3.8) is 0 Å². The molecular formula is C17H15FN2O4. The number of methoxy groups -OCH3 is 1. The molecule has 0 fully saturated rings. The van der Waals surface area contributed by atoms with Gasteiger partial charge in [-0.15, -0.1) is 0 Å². The van der Waals surface area contributed by atoms with Crippen LogP contribution in [-0.2, 0) is 4.79 Å². The molecular weight excluding hydrogens is 315 g/mol. The van der Waals surface area contributed by atoms with E-state index in [-0.39, 0.29) is 11.3 Å². The van der Waals surface area contributed by atoms with E-state index in [2.05, 4.69) is 10.5 Å². The molecule has 0 aromatic heterocycles. The molecule has 0 unspecified atom stereocenters. The number of hydrazone groups is 1. The lowest BCUT2D eigenvalue weighted by Gasteiger charge is -2.08. The van der Waals surface area contributed by atoms with Crippen LogP contribution >= 0.6 is 0 Å². The Hall–Kier alpha value is -3.22. The number of amides is 1. The molecule has 0 saturated carbocycles. The van der Waals surface area contributed by atoms with Gasteiger partial charge >= 0.3 is 5.97 Å². The van der Waals surface area contributed by atoms with Gasteiger partial charge in [0.15, 0.2) is 11.5 Å². The zero-order valence-electron chi connectivity index (χ0n) is 13.1. The number of ether oxygens (including phenoxy) is 2. The van der Waals surface area contributed by atoms with E-state index in [1.54, 1.807) is 18.2 Å². The maximum Gasteiger partial charge on any atom is 0.308 e. The van der Waals surface area contributed by atoms with Crippen LogP contribution in [0, 0.1) is 5.82 Å². The summed E-state index contributed by atoms with van der Waals surface area (Å²) >= 11 is 0. The molecule has 0 radical (unpaired) electrons. The summed E-state index contributed by atoms with van der Waals surface area (Å²) in [5.41, 5.74) is 3.25. The van der Waals surface area contributed by atoms with E-state index in [1.807, 2.05) is 0 Å². The molecule has 0 heterocycles. The van der Waals surface area contributed by atoms with Gasteiger partial charge in [-0.3, -0.25) is 9.59 Å². The van der Waals surface area contributed by atoms with Crippen molar-refractivity contribution >= 4 is 18.1 Å². The van der Waals surface area contributed by atoms with Crippen molar-refractivity contribution in [3.05, 3.63) is 59.4 Å². The third-order valence-electron chi connectivity index (χ3n) is 2.93. The Labute approximate surface area is 137 Å². The van der Waals surface area contributed by atoms with Crippen LogP contribution in [0.4, 0.5) is 4.39 Å². The highest BCUT2D eigenvalue weighted by Crippen LogP contribution is 2.27. The minimum Gasteiger partial charge on any atom is -0.493 e. The Bertz CT molecular complexity index is 773. The summed E-state index contributed by atoms with van der Waals surface area (Å²) in [6, 6.07) is 9.91. The summed E-state index contributed by atoms with van der Waals surface area (Å²) in [5, 5.41) is 3.82. The van der Waals surface area contributed by atoms with E-state index in [0.29, 0.717) is 11.3 Å². The first-order valence-corrected chi connectivity index (χ1v) is 6.95. The maximum atomic E-state index is 12.8. The molecule has 0 atom stereocenters. The van der Waals surface area contributed by atoms with Gasteiger partial charge in [0.2, 0.25) is 0 Å². The van der Waals surface area contributed by atoms with Crippen molar-refractivity contribution in [1.29, 1.82) is 0 Å². The molecule has 0 saturated heterocycles. The molecule has 24 heavy (non-hydrogen) atoms. The molecule has 2 aromatic rings. The van der Waals surface area contributed by atoms with E-state index in [1.165, 1.54) is 44.5 Å². The Balaban J connectivity index is 2.04. The van der Waals surface area contributed by atoms with Crippen LogP contribution in [0.3, 0.4) is 0 Å². The summed E-state index contributed by atoms with van der Waals surface area (Å²) in [5.74, 6) is -0.692. The SMILES string of the molecule is COc1cc(/C=N\NC(=O)c2ccc(F)cc2)ccc1OC(C)=O. The zero-order valence-corrected chi connectivity index (χ0v) is 13.1. The second kappa shape index (κ2) is 7.87. The number of nitrogens with zero attached hydrogens (tertiary/aromatic N) is 1. The number of carbonyl (C=O) groups excluding carboxylic acids is 2. The van der Waals surface area contributed by atoms with Crippen molar-refractivity contribution in [2.24, 2.45) is 5.10 Å². The van der Waals surface area contributed by atoms with Gasteiger partial charge in [0.25, 0.3) is 5.91 Å². The molecule has 1 N–H and O–H groups in total. The fraction of sp³-hybridized carbons (Fsp3) is 0.118. The number of esters is 1. The normalized spacial score (nSPS) is 10.5. The van der Waals surface area contributed by atoms with Gasteiger partial charge < -0.3 is 9.47 Å². The summed E-state index contributed by atoms with van der Waals surface area (Å²) < 4.78 is 22.9. The van der Waals surface area contributed by atoms with Gasteiger partial charge in [-0.2, -0.15) is 5.10 Å². The molecule has 6 nitrogen and oxygen atoms in total. The van der Waals surface area contributed by atoms with Crippen molar-refractivity contribution in [2.45, 2.75) is 6.92 Å². The Morgan fingerprint density at radius 2 is 1.83 bits per heavy atom. The highest BCUT2D eigenvalue weighted by molar-refractivity contribution is 5.94. The fourth-order valence-corrected chi connectivity index (χ4v) is 1.83. The van der Waals surface area contributed by atoms with Gasteiger partial charge in [0.05, 0.1) is 13.3 Å². The molecule has 2 aromatic carbocycles. The highest BCUT2D eigenvalue weighted by atomic mass is 19.1. The standard InChI is InChI=1S/C17H15FN2O4/c1-11(21)24-15-8-3-12(9-16(15)23-2)10-19-20-17(22)13-4-6-14(18)7-5-13/h3-10H,1-2H3,(H,20,22)/b19-10-. The quantitative estimate of drug-likeness (QED) is 0.395. The van der Waals surface area contributed by atoms with E-state index < -0.39 is 17.7 Å². The maximum absolute atomic E-state index is 12.8. The predicted molar refractivity (Wildman–Crippen MR) is 85.8 cm³/mol. The van der Waals surface area contributed by atoms with Gasteiger partial charge in [-0.1, -0.05) is 0 Å². The van der Waals surface area contributed by atoms with Gasteiger partial charge in [-0.25, -0.2) is 9.82 Å². The second-order valence-electron chi connectivity index (χ2n) is 4.71. The minimum absolute atomic E-state index is 0.288. The molecule has 0 aliphatic rings. The van der Waals surface area contributed by atoms with Crippen LogP contribution < -0.4 is 14.9 Å². The number of hydrogen-bond acceptors (Lipinski definition) is 5. The van der Waals surface area contributed by atoms with E-state index in [4.69, 9.17) is 9.47 Å².